The van der Waals surface area contributed by atoms with Gasteiger partial charge < -0.3 is 13.6 Å². The normalized spacial score (nSPS) is 14.0. The lowest BCUT2D eigenvalue weighted by Crippen LogP contribution is -2.20. The number of non-ortho nitro benzene ring substituents is 1. The van der Waals surface area contributed by atoms with Crippen LogP contribution in [0.3, 0.4) is 0 Å². The molecule has 0 amide bonds. The fourth-order valence-electron chi connectivity index (χ4n) is 2.00. The summed E-state index contributed by atoms with van der Waals surface area (Å²) >= 11 is 12.6. The second-order valence-corrected chi connectivity index (χ2v) is 7.94. The molecule has 0 spiro atoms. The number of benzene rings is 1. The fourth-order valence-corrected chi connectivity index (χ4v) is 4.36. The maximum Gasteiger partial charge on any atom is 0.372 e. The Bertz CT molecular complexity index is 594. The Hall–Kier alpha value is -0.730. The van der Waals surface area contributed by atoms with E-state index in [0.29, 0.717) is 26.2 Å². The van der Waals surface area contributed by atoms with Gasteiger partial charge in [-0.25, -0.2) is 0 Å². The number of nitrogens with zero attached hydrogens (tertiary/aromatic N) is 2. The minimum absolute atomic E-state index is 0.00731. The van der Waals surface area contributed by atoms with Crippen LogP contribution >= 0.6 is 30.9 Å². The Morgan fingerprint density at radius 3 is 2.04 bits per heavy atom. The SMILES string of the molecule is CCOP(=NNC(Cl)CC(Cl)c1ccc([N+](=O)[O-])cc1)(OCC)OCC. The van der Waals surface area contributed by atoms with E-state index in [-0.39, 0.29) is 5.69 Å². The van der Waals surface area contributed by atoms with Crippen molar-refractivity contribution < 1.29 is 18.5 Å². The highest BCUT2D eigenvalue weighted by atomic mass is 35.5. The minimum Gasteiger partial charge on any atom is -0.302 e. The molecule has 2 atom stereocenters. The molecule has 8 nitrogen and oxygen atoms in total. The van der Waals surface area contributed by atoms with Crippen LogP contribution in [0.5, 0.6) is 0 Å². The molecule has 0 aliphatic carbocycles. The number of rotatable bonds is 12. The third-order valence-electron chi connectivity index (χ3n) is 3.08. The summed E-state index contributed by atoms with van der Waals surface area (Å²) in [5, 5.41) is 10.3. The fraction of sp³-hybridized carbons (Fsp3) is 0.600. The second kappa shape index (κ2) is 11.9. The molecular weight excluding hydrogens is 404 g/mol. The lowest BCUT2D eigenvalue weighted by Gasteiger charge is -2.22. The molecule has 0 fully saturated rings. The molecule has 1 aromatic carbocycles. The zero-order valence-electron chi connectivity index (χ0n) is 14.9. The molecule has 148 valence electrons. The summed E-state index contributed by atoms with van der Waals surface area (Å²) in [7, 11) is -2.87. The molecule has 1 aromatic rings. The van der Waals surface area contributed by atoms with Crippen molar-refractivity contribution in [1.29, 1.82) is 0 Å². The van der Waals surface area contributed by atoms with Crippen LogP contribution in [0.2, 0.25) is 0 Å². The average molecular weight is 428 g/mol. The zero-order valence-corrected chi connectivity index (χ0v) is 17.3. The molecule has 26 heavy (non-hydrogen) atoms. The predicted octanol–water partition coefficient (Wildman–Crippen LogP) is 5.39. The van der Waals surface area contributed by atoms with Gasteiger partial charge in [0.25, 0.3) is 5.69 Å². The van der Waals surface area contributed by atoms with E-state index in [4.69, 9.17) is 36.8 Å². The van der Waals surface area contributed by atoms with E-state index in [0.717, 1.165) is 5.56 Å². The Kier molecular flexibility index (Phi) is 10.6. The molecule has 0 aliphatic rings. The average Bonchev–Trinajstić information content (AvgIpc) is 2.61. The van der Waals surface area contributed by atoms with Crippen molar-refractivity contribution in [2.75, 3.05) is 19.8 Å². The van der Waals surface area contributed by atoms with E-state index in [1.165, 1.54) is 12.1 Å². The van der Waals surface area contributed by atoms with Crippen LogP contribution in [-0.2, 0) is 13.6 Å². The van der Waals surface area contributed by atoms with Crippen LogP contribution < -0.4 is 5.43 Å². The topological polar surface area (TPSA) is 95.2 Å². The van der Waals surface area contributed by atoms with Gasteiger partial charge in [-0.3, -0.25) is 10.1 Å². The first-order chi connectivity index (χ1) is 12.4. The van der Waals surface area contributed by atoms with Gasteiger partial charge in [0.1, 0.15) is 5.50 Å². The number of nitro benzene ring substituents is 1. The Labute approximate surface area is 163 Å². The van der Waals surface area contributed by atoms with Crippen LogP contribution in [0.1, 0.15) is 38.1 Å². The van der Waals surface area contributed by atoms with E-state index in [9.17, 15) is 10.1 Å². The van der Waals surface area contributed by atoms with Crippen LogP contribution in [0.4, 0.5) is 5.69 Å². The molecular formula is C15H24Cl2N3O5P. The summed E-state index contributed by atoms with van der Waals surface area (Å²) in [6.07, 6.45) is 0.328. The van der Waals surface area contributed by atoms with Crippen LogP contribution in [-0.4, -0.2) is 30.2 Å². The molecule has 0 heterocycles. The van der Waals surface area contributed by atoms with Gasteiger partial charge in [-0.2, -0.15) is 5.43 Å². The highest BCUT2D eigenvalue weighted by Crippen LogP contribution is 2.52. The van der Waals surface area contributed by atoms with Crippen molar-refractivity contribution >= 4 is 36.6 Å². The molecule has 1 rings (SSSR count). The lowest BCUT2D eigenvalue weighted by atomic mass is 10.1. The highest BCUT2D eigenvalue weighted by Gasteiger charge is 2.24. The summed E-state index contributed by atoms with van der Waals surface area (Å²) < 4.78 is 16.7. The van der Waals surface area contributed by atoms with Gasteiger partial charge in [-0.1, -0.05) is 12.1 Å². The largest absolute Gasteiger partial charge is 0.372 e. The third-order valence-corrected chi connectivity index (χ3v) is 5.90. The van der Waals surface area contributed by atoms with Gasteiger partial charge >= 0.3 is 7.74 Å². The number of hydrogen-bond donors (Lipinski definition) is 1. The number of nitrogens with one attached hydrogen (secondary N) is 1. The van der Waals surface area contributed by atoms with E-state index >= 15 is 0 Å². The molecule has 0 aliphatic heterocycles. The Morgan fingerprint density at radius 2 is 1.62 bits per heavy atom. The molecule has 0 radical (unpaired) electrons. The number of halogens is 2. The molecule has 2 unspecified atom stereocenters. The standard InChI is InChI=1S/C15H24Cl2N3O5P/c1-4-23-26(24-5-2,25-6-3)19-18-15(17)11-14(16)12-7-9-13(10-8-12)20(21)22/h7-10,14-15,18H,4-6,11H2,1-3H3. The maximum atomic E-state index is 10.7. The number of nitro groups is 1. The Morgan fingerprint density at radius 1 is 1.12 bits per heavy atom. The van der Waals surface area contributed by atoms with Gasteiger partial charge in [0.05, 0.1) is 30.1 Å². The van der Waals surface area contributed by atoms with E-state index in [1.54, 1.807) is 12.1 Å². The lowest BCUT2D eigenvalue weighted by molar-refractivity contribution is -0.384. The third kappa shape index (κ3) is 7.48. The molecule has 1 N–H and O–H groups in total. The summed E-state index contributed by atoms with van der Waals surface area (Å²) in [5.41, 5.74) is 2.91. The van der Waals surface area contributed by atoms with Gasteiger partial charge in [-0.05, 0) is 32.8 Å². The van der Waals surface area contributed by atoms with Gasteiger partial charge in [0.2, 0.25) is 0 Å². The summed E-state index contributed by atoms with van der Waals surface area (Å²) in [6, 6.07) is 6.02. The van der Waals surface area contributed by atoms with Crippen molar-refractivity contribution in [3.05, 3.63) is 39.9 Å². The van der Waals surface area contributed by atoms with E-state index in [1.807, 2.05) is 20.8 Å². The van der Waals surface area contributed by atoms with Gasteiger partial charge in [-0.15, -0.1) is 28.1 Å². The van der Waals surface area contributed by atoms with Gasteiger partial charge in [0, 0.05) is 12.1 Å². The zero-order chi connectivity index (χ0) is 19.6. The van der Waals surface area contributed by atoms with Crippen LogP contribution in [0, 0.1) is 10.1 Å². The van der Waals surface area contributed by atoms with Crippen molar-refractivity contribution in [1.82, 2.24) is 5.43 Å². The molecule has 11 heteroatoms. The van der Waals surface area contributed by atoms with E-state index in [2.05, 4.69) is 10.3 Å². The van der Waals surface area contributed by atoms with Crippen molar-refractivity contribution in [2.24, 2.45) is 4.85 Å². The predicted molar refractivity (Wildman–Crippen MR) is 103 cm³/mol. The number of hydrogen-bond acceptors (Lipinski definition) is 6. The minimum atomic E-state index is -2.87. The molecule has 0 aromatic heterocycles. The summed E-state index contributed by atoms with van der Waals surface area (Å²) in [4.78, 5) is 14.5. The van der Waals surface area contributed by atoms with Crippen LogP contribution in [0.25, 0.3) is 0 Å². The Balaban J connectivity index is 2.75. The van der Waals surface area contributed by atoms with Crippen molar-refractivity contribution in [3.8, 4) is 0 Å². The van der Waals surface area contributed by atoms with E-state index < -0.39 is 23.5 Å². The first-order valence-corrected chi connectivity index (χ1v) is 10.6. The quantitative estimate of drug-likeness (QED) is 0.158. The van der Waals surface area contributed by atoms with Gasteiger partial charge in [0.15, 0.2) is 0 Å². The second-order valence-electron chi connectivity index (χ2n) is 4.97. The van der Waals surface area contributed by atoms with Crippen molar-refractivity contribution in [2.45, 2.75) is 38.1 Å². The summed E-state index contributed by atoms with van der Waals surface area (Å²) in [5.74, 6) is 0. The monoisotopic (exact) mass is 427 g/mol. The molecule has 0 saturated carbocycles. The first kappa shape index (κ1) is 23.3. The molecule has 0 bridgehead atoms. The van der Waals surface area contributed by atoms with Crippen molar-refractivity contribution in [3.63, 3.8) is 0 Å². The first-order valence-electron chi connectivity index (χ1n) is 8.20. The number of alkyl halides is 2. The maximum absolute atomic E-state index is 10.7. The van der Waals surface area contributed by atoms with Crippen LogP contribution in [0.15, 0.2) is 29.1 Å². The highest BCUT2D eigenvalue weighted by molar-refractivity contribution is 7.51. The summed E-state index contributed by atoms with van der Waals surface area (Å²) in [6.45, 7) is 6.62. The molecule has 0 saturated heterocycles. The smallest absolute Gasteiger partial charge is 0.302 e.